The van der Waals surface area contributed by atoms with Crippen LogP contribution in [0.4, 0.5) is 0 Å². The number of rotatable bonds is 3. The molecule has 0 aliphatic heterocycles. The van der Waals surface area contributed by atoms with Crippen LogP contribution in [0.1, 0.15) is 53.2 Å². The predicted molar refractivity (Wildman–Crippen MR) is 154 cm³/mol. The lowest BCUT2D eigenvalue weighted by Gasteiger charge is -2.25. The van der Waals surface area contributed by atoms with Gasteiger partial charge in [-0.05, 0) is 42.0 Å². The molecule has 0 unspecified atom stereocenters. The van der Waals surface area contributed by atoms with Gasteiger partial charge in [-0.3, -0.25) is 9.13 Å². The second-order valence-corrected chi connectivity index (χ2v) is 11.8. The van der Waals surface area contributed by atoms with Crippen LogP contribution in [0.2, 0.25) is 0 Å². The molecule has 0 saturated carbocycles. The Morgan fingerprint density at radius 2 is 1.00 bits per heavy atom. The summed E-state index contributed by atoms with van der Waals surface area (Å²) in [5, 5.41) is 0. The van der Waals surface area contributed by atoms with Gasteiger partial charge in [0.2, 0.25) is 0 Å². The molecule has 0 N–H and O–H groups in total. The van der Waals surface area contributed by atoms with Gasteiger partial charge in [-0.25, -0.2) is 19.9 Å². The molecule has 0 spiro atoms. The third kappa shape index (κ3) is 3.88. The Balaban J connectivity index is 1.79. The summed E-state index contributed by atoms with van der Waals surface area (Å²) >= 11 is 0. The number of aromatic nitrogens is 6. The minimum atomic E-state index is -0.202. The van der Waals surface area contributed by atoms with Crippen molar-refractivity contribution in [3.05, 3.63) is 96.8 Å². The SMILES string of the molecule is CC(C)(C)c1nc2ncccc2n1-c1cccc(-n2c(C(C)(C)C)nc3ncccc32)c1-c1ccccc1. The maximum Gasteiger partial charge on any atom is 0.178 e. The molecule has 4 heterocycles. The molecule has 190 valence electrons. The fraction of sp³-hybridized carbons (Fsp3) is 0.250. The summed E-state index contributed by atoms with van der Waals surface area (Å²) in [6, 6.07) is 25.2. The number of pyridine rings is 2. The van der Waals surface area contributed by atoms with Crippen molar-refractivity contribution in [1.82, 2.24) is 29.1 Å². The van der Waals surface area contributed by atoms with Crippen molar-refractivity contribution in [2.75, 3.05) is 0 Å². The Hall–Kier alpha value is -4.32. The van der Waals surface area contributed by atoms with Crippen LogP contribution in [0.5, 0.6) is 0 Å². The van der Waals surface area contributed by atoms with Crippen LogP contribution < -0.4 is 0 Å². The van der Waals surface area contributed by atoms with Crippen LogP contribution >= 0.6 is 0 Å². The second-order valence-electron chi connectivity index (χ2n) is 11.8. The fourth-order valence-electron chi connectivity index (χ4n) is 5.12. The summed E-state index contributed by atoms with van der Waals surface area (Å²) in [6.07, 6.45) is 3.61. The molecular formula is C32H32N6. The summed E-state index contributed by atoms with van der Waals surface area (Å²) in [7, 11) is 0. The molecule has 6 rings (SSSR count). The minimum Gasteiger partial charge on any atom is -0.293 e. The van der Waals surface area contributed by atoms with Crippen LogP contribution in [0.3, 0.4) is 0 Å². The highest BCUT2D eigenvalue weighted by molar-refractivity contribution is 5.87. The zero-order valence-electron chi connectivity index (χ0n) is 22.8. The van der Waals surface area contributed by atoms with E-state index in [1.54, 1.807) is 12.4 Å². The highest BCUT2D eigenvalue weighted by atomic mass is 15.2. The van der Waals surface area contributed by atoms with Crippen molar-refractivity contribution in [2.24, 2.45) is 0 Å². The van der Waals surface area contributed by atoms with E-state index in [0.29, 0.717) is 0 Å². The second kappa shape index (κ2) is 8.62. The molecule has 0 aliphatic carbocycles. The maximum absolute atomic E-state index is 5.02. The van der Waals surface area contributed by atoms with Gasteiger partial charge in [0.25, 0.3) is 0 Å². The van der Waals surface area contributed by atoms with Crippen molar-refractivity contribution in [3.63, 3.8) is 0 Å². The predicted octanol–water partition coefficient (Wildman–Crippen LogP) is 7.42. The molecule has 0 bridgehead atoms. The lowest BCUT2D eigenvalue weighted by molar-refractivity contribution is 0.537. The number of nitrogens with zero attached hydrogens (tertiary/aromatic N) is 6. The minimum absolute atomic E-state index is 0.202. The smallest absolute Gasteiger partial charge is 0.178 e. The average Bonchev–Trinajstić information content (AvgIpc) is 3.48. The zero-order chi connectivity index (χ0) is 26.7. The van der Waals surface area contributed by atoms with Crippen LogP contribution in [0, 0.1) is 0 Å². The van der Waals surface area contributed by atoms with Crippen LogP contribution in [-0.4, -0.2) is 29.1 Å². The van der Waals surface area contributed by atoms with Gasteiger partial charge in [0.1, 0.15) is 11.6 Å². The molecular weight excluding hydrogens is 468 g/mol. The first-order chi connectivity index (χ1) is 18.1. The van der Waals surface area contributed by atoms with Crippen LogP contribution in [0.25, 0.3) is 44.8 Å². The maximum atomic E-state index is 5.02. The lowest BCUT2D eigenvalue weighted by Crippen LogP contribution is -2.20. The van der Waals surface area contributed by atoms with Gasteiger partial charge in [-0.2, -0.15) is 0 Å². The average molecular weight is 501 g/mol. The van der Waals surface area contributed by atoms with E-state index in [9.17, 15) is 0 Å². The van der Waals surface area contributed by atoms with E-state index in [1.165, 1.54) is 0 Å². The van der Waals surface area contributed by atoms with Gasteiger partial charge in [0, 0.05) is 28.8 Å². The zero-order valence-corrected chi connectivity index (χ0v) is 22.8. The Labute approximate surface area is 223 Å². The normalized spacial score (nSPS) is 12.5. The summed E-state index contributed by atoms with van der Waals surface area (Å²) < 4.78 is 4.56. The number of hydrogen-bond acceptors (Lipinski definition) is 4. The Morgan fingerprint density at radius 1 is 0.526 bits per heavy atom. The molecule has 0 saturated heterocycles. The third-order valence-corrected chi connectivity index (χ3v) is 6.77. The van der Waals surface area contributed by atoms with E-state index in [2.05, 4.69) is 121 Å². The van der Waals surface area contributed by atoms with Gasteiger partial charge in [0.05, 0.1) is 22.4 Å². The molecule has 0 amide bonds. The van der Waals surface area contributed by atoms with E-state index in [0.717, 1.165) is 56.5 Å². The fourth-order valence-corrected chi connectivity index (χ4v) is 5.12. The van der Waals surface area contributed by atoms with Gasteiger partial charge >= 0.3 is 0 Å². The summed E-state index contributed by atoms with van der Waals surface area (Å²) in [5.41, 5.74) is 7.40. The van der Waals surface area contributed by atoms with Crippen molar-refractivity contribution in [3.8, 4) is 22.5 Å². The first-order valence-electron chi connectivity index (χ1n) is 13.0. The molecule has 6 heteroatoms. The molecule has 2 aromatic carbocycles. The van der Waals surface area contributed by atoms with Gasteiger partial charge in [-0.15, -0.1) is 0 Å². The van der Waals surface area contributed by atoms with E-state index in [-0.39, 0.29) is 10.8 Å². The molecule has 0 aliphatic rings. The highest BCUT2D eigenvalue weighted by Gasteiger charge is 2.29. The molecule has 38 heavy (non-hydrogen) atoms. The first-order valence-corrected chi connectivity index (χ1v) is 13.0. The van der Waals surface area contributed by atoms with E-state index in [4.69, 9.17) is 9.97 Å². The summed E-state index contributed by atoms with van der Waals surface area (Å²) in [4.78, 5) is 19.3. The van der Waals surface area contributed by atoms with Crippen LogP contribution in [-0.2, 0) is 10.8 Å². The Bertz CT molecular complexity index is 1670. The van der Waals surface area contributed by atoms with Crippen molar-refractivity contribution in [2.45, 2.75) is 52.4 Å². The highest BCUT2D eigenvalue weighted by Crippen LogP contribution is 2.40. The molecule has 0 radical (unpaired) electrons. The molecule has 6 aromatic rings. The summed E-state index contributed by atoms with van der Waals surface area (Å²) in [5.74, 6) is 1.93. The number of hydrogen-bond donors (Lipinski definition) is 0. The van der Waals surface area contributed by atoms with Gasteiger partial charge < -0.3 is 0 Å². The molecule has 0 atom stereocenters. The number of fused-ring (bicyclic) bond motifs is 2. The van der Waals surface area contributed by atoms with E-state index >= 15 is 0 Å². The largest absolute Gasteiger partial charge is 0.293 e. The molecule has 4 aromatic heterocycles. The van der Waals surface area contributed by atoms with Gasteiger partial charge in [0.15, 0.2) is 11.3 Å². The van der Waals surface area contributed by atoms with Crippen molar-refractivity contribution < 1.29 is 0 Å². The molecule has 0 fully saturated rings. The first kappa shape index (κ1) is 24.0. The van der Waals surface area contributed by atoms with E-state index in [1.807, 2.05) is 12.1 Å². The van der Waals surface area contributed by atoms with Crippen LogP contribution in [0.15, 0.2) is 85.2 Å². The topological polar surface area (TPSA) is 61.4 Å². The van der Waals surface area contributed by atoms with Crippen molar-refractivity contribution in [1.29, 1.82) is 0 Å². The van der Waals surface area contributed by atoms with Gasteiger partial charge in [-0.1, -0.05) is 77.9 Å². The summed E-state index contributed by atoms with van der Waals surface area (Å²) in [6.45, 7) is 13.2. The standard InChI is InChI=1S/C32H32N6/c1-31(2,3)29-35-27-24(17-11-19-33-27)37(29)22-15-10-16-23(26(22)21-13-8-7-9-14-21)38-25-18-12-20-34-28(25)36-30(38)32(4,5)6/h7-20H,1-6H3. The number of benzene rings is 2. The number of imidazole rings is 2. The Kier molecular flexibility index (Phi) is 5.45. The van der Waals surface area contributed by atoms with E-state index < -0.39 is 0 Å². The monoisotopic (exact) mass is 500 g/mol. The van der Waals surface area contributed by atoms with Crippen molar-refractivity contribution >= 4 is 22.3 Å². The lowest BCUT2D eigenvalue weighted by atomic mass is 9.93. The Morgan fingerprint density at radius 3 is 1.45 bits per heavy atom. The third-order valence-electron chi connectivity index (χ3n) is 6.77. The molecule has 6 nitrogen and oxygen atoms in total. The quantitative estimate of drug-likeness (QED) is 0.254.